The van der Waals surface area contributed by atoms with Gasteiger partial charge in [-0.05, 0) is 30.2 Å². The predicted octanol–water partition coefficient (Wildman–Crippen LogP) is 3.26. The summed E-state index contributed by atoms with van der Waals surface area (Å²) in [4.78, 5) is 31.5. The Hall–Kier alpha value is -2.10. The number of rotatable bonds is 1. The number of benzene rings is 1. The molecule has 32 heavy (non-hydrogen) atoms. The Morgan fingerprint density at radius 1 is 1.38 bits per heavy atom. The van der Waals surface area contributed by atoms with E-state index in [1.807, 2.05) is 12.1 Å². The minimum absolute atomic E-state index is 0. The number of pyridine rings is 2. The van der Waals surface area contributed by atoms with Gasteiger partial charge in [0.1, 0.15) is 6.61 Å². The molecule has 0 saturated carbocycles. The molecule has 2 aromatic heterocycles. The van der Waals surface area contributed by atoms with Crippen LogP contribution in [0, 0.1) is 0 Å². The Morgan fingerprint density at radius 2 is 2.16 bits per heavy atom. The van der Waals surface area contributed by atoms with Crippen molar-refractivity contribution in [2.45, 2.75) is 43.0 Å². The fourth-order valence-electron chi connectivity index (χ4n) is 4.96. The van der Waals surface area contributed by atoms with Crippen molar-refractivity contribution in [2.75, 3.05) is 5.75 Å². The van der Waals surface area contributed by atoms with Crippen molar-refractivity contribution in [3.63, 3.8) is 0 Å². The summed E-state index contributed by atoms with van der Waals surface area (Å²) in [6.07, 6.45) is 0.106. The summed E-state index contributed by atoms with van der Waals surface area (Å²) in [7, 11) is 0. The van der Waals surface area contributed by atoms with Crippen LogP contribution in [0.3, 0.4) is 0 Å². The standard InChI is InChI=1S/C22H18ClN3O4S.ClH/c1-2-22(29)11-5-15-18-9(6-26(15)20(27)10(11)7-30-21(22)28)16-13(24)8-31-19-12(23)3-4-14(25-18)17(16)19;/h3-5,13,29H,2,6-8,24H2,1H3;1H. The van der Waals surface area contributed by atoms with Crippen molar-refractivity contribution < 1.29 is 14.6 Å². The molecule has 0 aliphatic carbocycles. The number of cyclic esters (lactones) is 1. The number of esters is 1. The number of hydrogen-bond donors (Lipinski definition) is 2. The first-order valence-corrected chi connectivity index (χ1v) is 11.4. The van der Waals surface area contributed by atoms with Crippen molar-refractivity contribution in [3.8, 4) is 11.4 Å². The van der Waals surface area contributed by atoms with Crippen LogP contribution in [0.4, 0.5) is 0 Å². The van der Waals surface area contributed by atoms with Crippen LogP contribution in [0.1, 0.15) is 41.6 Å². The number of hydrogen-bond acceptors (Lipinski definition) is 7. The van der Waals surface area contributed by atoms with Gasteiger partial charge < -0.3 is 20.1 Å². The van der Waals surface area contributed by atoms with Gasteiger partial charge in [-0.15, -0.1) is 24.2 Å². The van der Waals surface area contributed by atoms with Crippen LogP contribution in [0.2, 0.25) is 5.02 Å². The van der Waals surface area contributed by atoms with Crippen LogP contribution in [0.25, 0.3) is 22.3 Å². The summed E-state index contributed by atoms with van der Waals surface area (Å²) < 4.78 is 6.77. The van der Waals surface area contributed by atoms with Crippen molar-refractivity contribution in [2.24, 2.45) is 5.73 Å². The molecule has 3 aliphatic heterocycles. The van der Waals surface area contributed by atoms with E-state index >= 15 is 0 Å². The van der Waals surface area contributed by atoms with Gasteiger partial charge in [0.15, 0.2) is 5.60 Å². The molecule has 0 amide bonds. The largest absolute Gasteiger partial charge is 0.458 e. The fourth-order valence-corrected chi connectivity index (χ4v) is 6.36. The molecule has 2 atom stereocenters. The van der Waals surface area contributed by atoms with Crippen molar-refractivity contribution in [3.05, 3.63) is 55.8 Å². The molecule has 166 valence electrons. The summed E-state index contributed by atoms with van der Waals surface area (Å²) in [5.41, 5.74) is 8.89. The third-order valence-corrected chi connectivity index (χ3v) is 8.25. The Morgan fingerprint density at radius 3 is 2.91 bits per heavy atom. The van der Waals surface area contributed by atoms with Gasteiger partial charge in [0, 0.05) is 33.2 Å². The van der Waals surface area contributed by atoms with Gasteiger partial charge in [0.05, 0.1) is 34.0 Å². The number of ether oxygens (including phenoxy) is 1. The summed E-state index contributed by atoms with van der Waals surface area (Å²) in [5.74, 6) is -0.0490. The molecule has 5 heterocycles. The number of nitrogens with zero attached hydrogens (tertiary/aromatic N) is 2. The van der Waals surface area contributed by atoms with Crippen LogP contribution in [0.5, 0.6) is 0 Å². The van der Waals surface area contributed by atoms with Crippen LogP contribution in [-0.4, -0.2) is 26.4 Å². The molecule has 1 aromatic carbocycles. The number of nitrogens with two attached hydrogens (primary N) is 1. The molecule has 7 nitrogen and oxygen atoms in total. The lowest BCUT2D eigenvalue weighted by molar-refractivity contribution is -0.172. The lowest BCUT2D eigenvalue weighted by atomic mass is 9.86. The molecule has 0 spiro atoms. The zero-order valence-electron chi connectivity index (χ0n) is 17.0. The average Bonchev–Trinajstić information content (AvgIpc) is 3.13. The van der Waals surface area contributed by atoms with Gasteiger partial charge in [-0.1, -0.05) is 18.5 Å². The Labute approximate surface area is 198 Å². The first-order chi connectivity index (χ1) is 14.8. The minimum atomic E-state index is -1.84. The Bertz CT molecular complexity index is 1410. The zero-order chi connectivity index (χ0) is 21.7. The van der Waals surface area contributed by atoms with Crippen LogP contribution >= 0.6 is 35.8 Å². The first kappa shape index (κ1) is 21.7. The molecule has 0 radical (unpaired) electrons. The third-order valence-electron chi connectivity index (χ3n) is 6.58. The van der Waals surface area contributed by atoms with E-state index in [0.717, 1.165) is 26.9 Å². The molecule has 10 heteroatoms. The molecule has 2 unspecified atom stereocenters. The molecule has 0 saturated heterocycles. The highest BCUT2D eigenvalue weighted by Crippen LogP contribution is 2.48. The lowest BCUT2D eigenvalue weighted by Crippen LogP contribution is -2.44. The van der Waals surface area contributed by atoms with Gasteiger partial charge >= 0.3 is 5.97 Å². The molecule has 3 aromatic rings. The van der Waals surface area contributed by atoms with Gasteiger partial charge in [-0.2, -0.15) is 0 Å². The van der Waals surface area contributed by atoms with Crippen LogP contribution < -0.4 is 11.3 Å². The zero-order valence-corrected chi connectivity index (χ0v) is 19.4. The topological polar surface area (TPSA) is 107 Å². The first-order valence-electron chi connectivity index (χ1n) is 10.1. The minimum Gasteiger partial charge on any atom is -0.458 e. The molecule has 3 aliphatic rings. The predicted molar refractivity (Wildman–Crippen MR) is 124 cm³/mol. The van der Waals surface area contributed by atoms with E-state index in [4.69, 9.17) is 27.1 Å². The summed E-state index contributed by atoms with van der Waals surface area (Å²) in [6.45, 7) is 1.87. The van der Waals surface area contributed by atoms with E-state index in [-0.39, 0.29) is 37.0 Å². The molecule has 0 fully saturated rings. The van der Waals surface area contributed by atoms with E-state index in [2.05, 4.69) is 0 Å². The number of carbonyl (C=O) groups is 1. The maximum atomic E-state index is 13.4. The molecular formula is C22H19Cl2N3O4S. The molecule has 0 bridgehead atoms. The number of fused-ring (bicyclic) bond motifs is 5. The Balaban J connectivity index is 0.00000216. The number of carbonyl (C=O) groups excluding carboxylic acids is 1. The van der Waals surface area contributed by atoms with Gasteiger partial charge in [0.2, 0.25) is 0 Å². The highest BCUT2D eigenvalue weighted by Gasteiger charge is 2.45. The van der Waals surface area contributed by atoms with E-state index in [9.17, 15) is 14.7 Å². The third kappa shape index (κ3) is 2.61. The molecular weight excluding hydrogens is 473 g/mol. The van der Waals surface area contributed by atoms with Crippen LogP contribution in [-0.2, 0) is 28.3 Å². The summed E-state index contributed by atoms with van der Waals surface area (Å²) in [6, 6.07) is 5.19. The van der Waals surface area contributed by atoms with Crippen molar-refractivity contribution >= 4 is 52.6 Å². The maximum absolute atomic E-state index is 13.4. The molecule has 6 rings (SSSR count). The lowest BCUT2D eigenvalue weighted by Gasteiger charge is -2.31. The SMILES string of the molecule is CCC1(O)C(=O)OCc2c1cc1n(c2=O)Cc2c-1nc1ccc(Cl)c3c1c2C(N)CS3.Cl. The summed E-state index contributed by atoms with van der Waals surface area (Å²) >= 11 is 8.07. The monoisotopic (exact) mass is 491 g/mol. The number of halogens is 2. The second kappa shape index (κ2) is 7.20. The Kier molecular flexibility index (Phi) is 4.89. The summed E-state index contributed by atoms with van der Waals surface area (Å²) in [5, 5.41) is 12.6. The second-order valence-electron chi connectivity index (χ2n) is 8.14. The van der Waals surface area contributed by atoms with Crippen molar-refractivity contribution in [1.29, 1.82) is 0 Å². The van der Waals surface area contributed by atoms with E-state index < -0.39 is 11.6 Å². The van der Waals surface area contributed by atoms with Crippen LogP contribution in [0.15, 0.2) is 27.9 Å². The highest BCUT2D eigenvalue weighted by atomic mass is 35.5. The quantitative estimate of drug-likeness (QED) is 0.393. The normalized spacial score (nSPS) is 22.6. The van der Waals surface area contributed by atoms with Gasteiger partial charge in [-0.25, -0.2) is 9.78 Å². The van der Waals surface area contributed by atoms with E-state index in [1.54, 1.807) is 29.3 Å². The number of aliphatic hydroxyl groups is 1. The molecule has 3 N–H and O–H groups in total. The number of thioether (sulfide) groups is 1. The van der Waals surface area contributed by atoms with Gasteiger partial charge in [0.25, 0.3) is 5.56 Å². The smallest absolute Gasteiger partial charge is 0.343 e. The number of aromatic nitrogens is 2. The van der Waals surface area contributed by atoms with Gasteiger partial charge in [-0.3, -0.25) is 4.79 Å². The maximum Gasteiger partial charge on any atom is 0.343 e. The average molecular weight is 492 g/mol. The van der Waals surface area contributed by atoms with E-state index in [1.165, 1.54) is 0 Å². The highest BCUT2D eigenvalue weighted by molar-refractivity contribution is 7.99. The second-order valence-corrected chi connectivity index (χ2v) is 9.58. The van der Waals surface area contributed by atoms with E-state index in [0.29, 0.717) is 39.8 Å². The van der Waals surface area contributed by atoms with Crippen molar-refractivity contribution in [1.82, 2.24) is 9.55 Å². The fraction of sp³-hybridized carbons (Fsp3) is 0.318.